The Labute approximate surface area is 111 Å². The first kappa shape index (κ1) is 12.2. The Morgan fingerprint density at radius 2 is 2.29 bits per heavy atom. The fraction of sp³-hybridized carbons (Fsp3) is 0.182. The van der Waals surface area contributed by atoms with Gasteiger partial charge in [-0.05, 0) is 41.1 Å². The number of hydrogen-bond acceptors (Lipinski definition) is 5. The average Bonchev–Trinajstić information content (AvgIpc) is 2.74. The highest BCUT2D eigenvalue weighted by atomic mass is 79.9. The topological polar surface area (TPSA) is 54.9 Å². The predicted octanol–water partition coefficient (Wildman–Crippen LogP) is 2.97. The first-order chi connectivity index (χ1) is 8.15. The van der Waals surface area contributed by atoms with Crippen molar-refractivity contribution in [3.05, 3.63) is 28.1 Å². The van der Waals surface area contributed by atoms with Crippen LogP contribution in [0, 0.1) is 0 Å². The molecule has 0 fully saturated rings. The molecule has 0 amide bonds. The zero-order valence-corrected chi connectivity index (χ0v) is 11.5. The van der Waals surface area contributed by atoms with E-state index in [4.69, 9.17) is 0 Å². The summed E-state index contributed by atoms with van der Waals surface area (Å²) >= 11 is 5.00. The van der Waals surface area contributed by atoms with Gasteiger partial charge < -0.3 is 5.32 Å². The number of hydrogen-bond donors (Lipinski definition) is 1. The van der Waals surface area contributed by atoms with Crippen molar-refractivity contribution in [1.82, 2.24) is 10.2 Å². The molecule has 2 aromatic heterocycles. The van der Waals surface area contributed by atoms with Gasteiger partial charge in [0, 0.05) is 9.85 Å². The maximum atomic E-state index is 10.8. The number of ketones is 1. The second-order valence-corrected chi connectivity index (χ2v) is 5.32. The van der Waals surface area contributed by atoms with Crippen LogP contribution >= 0.6 is 27.3 Å². The molecule has 0 radical (unpaired) electrons. The van der Waals surface area contributed by atoms with Crippen molar-refractivity contribution >= 4 is 38.9 Å². The Hall–Kier alpha value is -1.27. The van der Waals surface area contributed by atoms with Crippen LogP contribution in [0.1, 0.15) is 6.92 Å². The molecule has 0 unspecified atom stereocenters. The van der Waals surface area contributed by atoms with Crippen LogP contribution in [0.3, 0.4) is 0 Å². The van der Waals surface area contributed by atoms with Crippen LogP contribution in [0.5, 0.6) is 0 Å². The Morgan fingerprint density at radius 1 is 1.47 bits per heavy atom. The third-order valence-electron chi connectivity index (χ3n) is 2.00. The SMILES string of the molecule is CC(=O)CNc1ccc(-c2cc(Br)cs2)nn1. The number of nitrogens with one attached hydrogen (secondary N) is 1. The molecule has 0 aromatic carbocycles. The van der Waals surface area contributed by atoms with Gasteiger partial charge in [-0.1, -0.05) is 0 Å². The van der Waals surface area contributed by atoms with Crippen LogP contribution in [-0.2, 0) is 4.79 Å². The highest BCUT2D eigenvalue weighted by Gasteiger charge is 2.04. The minimum Gasteiger partial charge on any atom is -0.362 e. The first-order valence-electron chi connectivity index (χ1n) is 4.96. The molecule has 2 aromatic rings. The van der Waals surface area contributed by atoms with Gasteiger partial charge in [0.15, 0.2) is 0 Å². The summed E-state index contributed by atoms with van der Waals surface area (Å²) in [5.74, 6) is 0.678. The van der Waals surface area contributed by atoms with Crippen molar-refractivity contribution in [2.45, 2.75) is 6.92 Å². The smallest absolute Gasteiger partial charge is 0.149 e. The minimum absolute atomic E-state index is 0.0677. The van der Waals surface area contributed by atoms with Gasteiger partial charge >= 0.3 is 0 Å². The Balaban J connectivity index is 2.10. The van der Waals surface area contributed by atoms with Gasteiger partial charge in [0.1, 0.15) is 17.3 Å². The lowest BCUT2D eigenvalue weighted by Gasteiger charge is -2.02. The summed E-state index contributed by atoms with van der Waals surface area (Å²) in [7, 11) is 0. The van der Waals surface area contributed by atoms with E-state index in [0.717, 1.165) is 15.0 Å². The molecule has 1 N–H and O–H groups in total. The molecule has 88 valence electrons. The zero-order valence-electron chi connectivity index (χ0n) is 9.11. The quantitative estimate of drug-likeness (QED) is 0.943. The molecule has 2 heterocycles. The normalized spacial score (nSPS) is 10.2. The number of halogens is 1. The van der Waals surface area contributed by atoms with Gasteiger partial charge in [0.25, 0.3) is 0 Å². The highest BCUT2D eigenvalue weighted by Crippen LogP contribution is 2.28. The maximum absolute atomic E-state index is 10.8. The summed E-state index contributed by atoms with van der Waals surface area (Å²) in [6.45, 7) is 1.80. The Morgan fingerprint density at radius 3 is 2.82 bits per heavy atom. The number of thiophene rings is 1. The number of anilines is 1. The van der Waals surface area contributed by atoms with E-state index in [-0.39, 0.29) is 12.3 Å². The van der Waals surface area contributed by atoms with Gasteiger partial charge in [0.2, 0.25) is 0 Å². The lowest BCUT2D eigenvalue weighted by molar-refractivity contribution is -0.115. The molecule has 0 spiro atoms. The van der Waals surface area contributed by atoms with Crippen molar-refractivity contribution in [3.63, 3.8) is 0 Å². The summed E-state index contributed by atoms with van der Waals surface area (Å²) in [5, 5.41) is 13.0. The van der Waals surface area contributed by atoms with E-state index in [2.05, 4.69) is 31.4 Å². The van der Waals surface area contributed by atoms with E-state index in [1.165, 1.54) is 6.92 Å². The summed E-state index contributed by atoms with van der Waals surface area (Å²) in [6.07, 6.45) is 0. The second kappa shape index (κ2) is 5.37. The molecule has 0 saturated heterocycles. The predicted molar refractivity (Wildman–Crippen MR) is 72.2 cm³/mol. The van der Waals surface area contributed by atoms with Gasteiger partial charge in [-0.25, -0.2) is 0 Å². The Bertz CT molecular complexity index is 524. The standard InChI is InChI=1S/C11H10BrN3OS/c1-7(16)5-13-11-3-2-9(14-15-11)10-4-8(12)6-17-10/h2-4,6H,5H2,1H3,(H,13,15). The van der Waals surface area contributed by atoms with E-state index < -0.39 is 0 Å². The molecule has 0 aliphatic heterocycles. The average molecular weight is 312 g/mol. The van der Waals surface area contributed by atoms with Crippen LogP contribution in [0.25, 0.3) is 10.6 Å². The number of aromatic nitrogens is 2. The second-order valence-electron chi connectivity index (χ2n) is 3.49. The van der Waals surface area contributed by atoms with E-state index in [9.17, 15) is 4.79 Å². The number of rotatable bonds is 4. The molecular formula is C11H10BrN3OS. The molecule has 0 saturated carbocycles. The van der Waals surface area contributed by atoms with Crippen molar-refractivity contribution in [2.24, 2.45) is 0 Å². The van der Waals surface area contributed by atoms with Crippen LogP contribution in [-0.4, -0.2) is 22.5 Å². The third-order valence-corrected chi connectivity index (χ3v) is 3.72. The van der Waals surface area contributed by atoms with Crippen LogP contribution in [0.4, 0.5) is 5.82 Å². The zero-order chi connectivity index (χ0) is 12.3. The van der Waals surface area contributed by atoms with E-state index in [0.29, 0.717) is 5.82 Å². The van der Waals surface area contributed by atoms with Gasteiger partial charge in [-0.3, -0.25) is 4.79 Å². The van der Waals surface area contributed by atoms with Gasteiger partial charge in [0.05, 0.1) is 11.4 Å². The van der Waals surface area contributed by atoms with Gasteiger partial charge in [-0.15, -0.1) is 21.5 Å². The Kier molecular flexibility index (Phi) is 3.86. The summed E-state index contributed by atoms with van der Waals surface area (Å²) < 4.78 is 1.04. The number of nitrogens with zero attached hydrogens (tertiary/aromatic N) is 2. The molecule has 0 atom stereocenters. The molecule has 2 rings (SSSR count). The number of carbonyl (C=O) groups is 1. The molecule has 0 aliphatic carbocycles. The van der Waals surface area contributed by atoms with E-state index >= 15 is 0 Å². The molecule has 17 heavy (non-hydrogen) atoms. The van der Waals surface area contributed by atoms with Crippen LogP contribution in [0.15, 0.2) is 28.1 Å². The van der Waals surface area contributed by atoms with Crippen LogP contribution in [0.2, 0.25) is 0 Å². The van der Waals surface area contributed by atoms with Gasteiger partial charge in [-0.2, -0.15) is 0 Å². The highest BCUT2D eigenvalue weighted by molar-refractivity contribution is 9.10. The fourth-order valence-electron chi connectivity index (χ4n) is 1.22. The van der Waals surface area contributed by atoms with E-state index in [1.807, 2.05) is 23.6 Å². The van der Waals surface area contributed by atoms with Crippen molar-refractivity contribution in [3.8, 4) is 10.6 Å². The fourth-order valence-corrected chi connectivity index (χ4v) is 2.61. The molecular weight excluding hydrogens is 302 g/mol. The summed E-state index contributed by atoms with van der Waals surface area (Å²) in [5.41, 5.74) is 0.828. The monoisotopic (exact) mass is 311 g/mol. The number of carbonyl (C=O) groups excluding carboxylic acids is 1. The molecule has 6 heteroatoms. The summed E-state index contributed by atoms with van der Waals surface area (Å²) in [6, 6.07) is 5.70. The van der Waals surface area contributed by atoms with Crippen LogP contribution < -0.4 is 5.32 Å². The summed E-state index contributed by atoms with van der Waals surface area (Å²) in [4.78, 5) is 11.9. The largest absolute Gasteiger partial charge is 0.362 e. The lowest BCUT2D eigenvalue weighted by Crippen LogP contribution is -2.11. The lowest BCUT2D eigenvalue weighted by atomic mass is 10.3. The molecule has 0 bridgehead atoms. The molecule has 0 aliphatic rings. The van der Waals surface area contributed by atoms with Crippen molar-refractivity contribution in [2.75, 3.05) is 11.9 Å². The third kappa shape index (κ3) is 3.34. The minimum atomic E-state index is 0.0677. The van der Waals surface area contributed by atoms with Crippen molar-refractivity contribution < 1.29 is 4.79 Å². The van der Waals surface area contributed by atoms with Crippen molar-refractivity contribution in [1.29, 1.82) is 0 Å². The first-order valence-corrected chi connectivity index (χ1v) is 6.64. The molecule has 4 nitrogen and oxygen atoms in total. The van der Waals surface area contributed by atoms with E-state index in [1.54, 1.807) is 11.3 Å². The maximum Gasteiger partial charge on any atom is 0.149 e. The number of Topliss-reactive ketones (excluding diaryl/α,β-unsaturated/α-hetero) is 1.